The van der Waals surface area contributed by atoms with Gasteiger partial charge in [-0.25, -0.2) is 9.59 Å². The Hall–Kier alpha value is -3.02. The summed E-state index contributed by atoms with van der Waals surface area (Å²) in [5, 5.41) is 11.8. The summed E-state index contributed by atoms with van der Waals surface area (Å²) in [4.78, 5) is 24.8. The molecule has 28 heavy (non-hydrogen) atoms. The summed E-state index contributed by atoms with van der Waals surface area (Å²) in [5.74, 6) is 0. The summed E-state index contributed by atoms with van der Waals surface area (Å²) in [7, 11) is 0. The average molecular weight is 380 g/mol. The zero-order chi connectivity index (χ0) is 19.9. The van der Waals surface area contributed by atoms with Gasteiger partial charge in [0, 0.05) is 11.4 Å². The van der Waals surface area contributed by atoms with E-state index in [0.29, 0.717) is 0 Å². The first-order valence-corrected chi connectivity index (χ1v) is 9.78. The number of carbonyl (C=O) groups excluding carboxylic acids is 2. The molecule has 2 aromatic carbocycles. The van der Waals surface area contributed by atoms with Gasteiger partial charge in [0.15, 0.2) is 0 Å². The van der Waals surface area contributed by atoms with E-state index in [4.69, 9.17) is 0 Å². The van der Waals surface area contributed by atoms with Crippen molar-refractivity contribution in [3.63, 3.8) is 0 Å². The first-order valence-electron chi connectivity index (χ1n) is 9.78. The highest BCUT2D eigenvalue weighted by molar-refractivity contribution is 5.90. The van der Waals surface area contributed by atoms with E-state index in [1.54, 1.807) is 0 Å². The molecule has 0 saturated heterocycles. The van der Waals surface area contributed by atoms with Crippen LogP contribution in [0.1, 0.15) is 36.8 Å². The van der Waals surface area contributed by atoms with Crippen LogP contribution in [0.5, 0.6) is 0 Å². The molecule has 6 nitrogen and oxygen atoms in total. The van der Waals surface area contributed by atoms with Crippen molar-refractivity contribution in [3.05, 3.63) is 59.7 Å². The molecule has 0 spiro atoms. The molecule has 1 saturated carbocycles. The lowest BCUT2D eigenvalue weighted by atomic mass is 9.90. The number of hydrogen-bond donors (Lipinski definition) is 4. The molecule has 2 aromatic rings. The Balaban J connectivity index is 1.55. The number of urea groups is 2. The second kappa shape index (κ2) is 9.26. The molecule has 2 unspecified atom stereocenters. The number of carbonyl (C=O) groups is 2. The van der Waals surface area contributed by atoms with Crippen LogP contribution in [0.25, 0.3) is 0 Å². The Kier molecular flexibility index (Phi) is 6.53. The Morgan fingerprint density at radius 1 is 0.750 bits per heavy atom. The zero-order valence-electron chi connectivity index (χ0n) is 16.4. The summed E-state index contributed by atoms with van der Waals surface area (Å²) in [6, 6.07) is 14.7. The van der Waals surface area contributed by atoms with Crippen LogP contribution in [0.2, 0.25) is 0 Å². The van der Waals surface area contributed by atoms with Crippen LogP contribution >= 0.6 is 0 Å². The fourth-order valence-corrected chi connectivity index (χ4v) is 3.59. The van der Waals surface area contributed by atoms with Crippen molar-refractivity contribution in [1.29, 1.82) is 0 Å². The van der Waals surface area contributed by atoms with Crippen molar-refractivity contribution in [3.8, 4) is 0 Å². The molecule has 4 amide bonds. The van der Waals surface area contributed by atoms with Gasteiger partial charge in [-0.15, -0.1) is 0 Å². The standard InChI is InChI=1S/C22H28N4O2/c1-15-7-5-9-17(13-15)23-21(27)25-19-11-3-4-12-20(19)26-22(28)24-18-10-6-8-16(2)14-18/h5-10,13-14,19-20H,3-4,11-12H2,1-2H3,(H2,23,25,27)(H2,24,26,28). The molecule has 0 radical (unpaired) electrons. The normalized spacial score (nSPS) is 18.8. The van der Waals surface area contributed by atoms with E-state index in [0.717, 1.165) is 48.2 Å². The van der Waals surface area contributed by atoms with Gasteiger partial charge in [0.05, 0.1) is 12.1 Å². The molecule has 2 atom stereocenters. The highest BCUT2D eigenvalue weighted by Crippen LogP contribution is 2.19. The number of amides is 4. The van der Waals surface area contributed by atoms with E-state index in [9.17, 15) is 9.59 Å². The first kappa shape index (κ1) is 19.7. The highest BCUT2D eigenvalue weighted by Gasteiger charge is 2.28. The topological polar surface area (TPSA) is 82.3 Å². The summed E-state index contributed by atoms with van der Waals surface area (Å²) in [6.45, 7) is 3.97. The molecule has 4 N–H and O–H groups in total. The summed E-state index contributed by atoms with van der Waals surface area (Å²) < 4.78 is 0. The van der Waals surface area contributed by atoms with Gasteiger partial charge in [0.1, 0.15) is 0 Å². The van der Waals surface area contributed by atoms with E-state index in [-0.39, 0.29) is 24.1 Å². The van der Waals surface area contributed by atoms with Crippen molar-refractivity contribution >= 4 is 23.4 Å². The van der Waals surface area contributed by atoms with Crippen LogP contribution in [-0.2, 0) is 0 Å². The number of hydrogen-bond acceptors (Lipinski definition) is 2. The fourth-order valence-electron chi connectivity index (χ4n) is 3.59. The SMILES string of the molecule is Cc1cccc(NC(=O)NC2CCCCC2NC(=O)Nc2cccc(C)c2)c1. The maximum absolute atomic E-state index is 12.4. The van der Waals surface area contributed by atoms with Crippen molar-refractivity contribution in [2.75, 3.05) is 10.6 Å². The largest absolute Gasteiger partial charge is 0.333 e. The Bertz CT molecular complexity index is 767. The van der Waals surface area contributed by atoms with E-state index < -0.39 is 0 Å². The molecule has 3 rings (SSSR count). The van der Waals surface area contributed by atoms with Crippen molar-refractivity contribution in [1.82, 2.24) is 10.6 Å². The van der Waals surface area contributed by atoms with Gasteiger partial charge in [-0.3, -0.25) is 0 Å². The molecule has 148 valence electrons. The van der Waals surface area contributed by atoms with E-state index >= 15 is 0 Å². The van der Waals surface area contributed by atoms with E-state index in [1.165, 1.54) is 0 Å². The number of benzene rings is 2. The van der Waals surface area contributed by atoms with Crippen LogP contribution < -0.4 is 21.3 Å². The number of rotatable bonds is 4. The van der Waals surface area contributed by atoms with E-state index in [1.807, 2.05) is 62.4 Å². The van der Waals surface area contributed by atoms with Gasteiger partial charge >= 0.3 is 12.1 Å². The predicted molar refractivity (Wildman–Crippen MR) is 113 cm³/mol. The Morgan fingerprint density at radius 3 is 1.57 bits per heavy atom. The molecule has 6 heteroatoms. The van der Waals surface area contributed by atoms with Crippen LogP contribution in [0, 0.1) is 13.8 Å². The molecule has 0 aromatic heterocycles. The highest BCUT2D eigenvalue weighted by atomic mass is 16.2. The van der Waals surface area contributed by atoms with Gasteiger partial charge < -0.3 is 21.3 Å². The minimum absolute atomic E-state index is 0.0955. The number of anilines is 2. The molecule has 0 aliphatic heterocycles. The van der Waals surface area contributed by atoms with Gasteiger partial charge in [-0.2, -0.15) is 0 Å². The molecule has 1 aliphatic rings. The van der Waals surface area contributed by atoms with Crippen LogP contribution in [-0.4, -0.2) is 24.1 Å². The second-order valence-corrected chi connectivity index (χ2v) is 7.43. The minimum Gasteiger partial charge on any atom is -0.333 e. The maximum Gasteiger partial charge on any atom is 0.319 e. The molecule has 0 heterocycles. The van der Waals surface area contributed by atoms with Gasteiger partial charge in [0.2, 0.25) is 0 Å². The maximum atomic E-state index is 12.4. The van der Waals surface area contributed by atoms with Crippen LogP contribution in [0.4, 0.5) is 21.0 Å². The average Bonchev–Trinajstić information content (AvgIpc) is 2.63. The molecule has 1 aliphatic carbocycles. The van der Waals surface area contributed by atoms with Gasteiger partial charge in [-0.05, 0) is 62.1 Å². The van der Waals surface area contributed by atoms with Crippen LogP contribution in [0.3, 0.4) is 0 Å². The summed E-state index contributed by atoms with van der Waals surface area (Å²) in [6.07, 6.45) is 3.76. The lowest BCUT2D eigenvalue weighted by Gasteiger charge is -2.32. The molecule has 1 fully saturated rings. The van der Waals surface area contributed by atoms with Gasteiger partial charge in [-0.1, -0.05) is 37.1 Å². The lowest BCUT2D eigenvalue weighted by Crippen LogP contribution is -2.54. The quantitative estimate of drug-likeness (QED) is 0.627. The monoisotopic (exact) mass is 380 g/mol. The van der Waals surface area contributed by atoms with E-state index in [2.05, 4.69) is 21.3 Å². The van der Waals surface area contributed by atoms with Gasteiger partial charge in [0.25, 0.3) is 0 Å². The fraction of sp³-hybridized carbons (Fsp3) is 0.364. The summed E-state index contributed by atoms with van der Waals surface area (Å²) >= 11 is 0. The lowest BCUT2D eigenvalue weighted by molar-refractivity contribution is 0.225. The minimum atomic E-state index is -0.247. The Morgan fingerprint density at radius 2 is 1.18 bits per heavy atom. The molecular weight excluding hydrogens is 352 g/mol. The van der Waals surface area contributed by atoms with Crippen molar-refractivity contribution < 1.29 is 9.59 Å². The third-order valence-electron chi connectivity index (χ3n) is 4.95. The molecule has 0 bridgehead atoms. The number of aryl methyl sites for hydroxylation is 2. The predicted octanol–water partition coefficient (Wildman–Crippen LogP) is 4.56. The summed E-state index contributed by atoms with van der Waals surface area (Å²) in [5.41, 5.74) is 3.69. The second-order valence-electron chi connectivity index (χ2n) is 7.43. The smallest absolute Gasteiger partial charge is 0.319 e. The van der Waals surface area contributed by atoms with Crippen LogP contribution in [0.15, 0.2) is 48.5 Å². The van der Waals surface area contributed by atoms with Crippen molar-refractivity contribution in [2.24, 2.45) is 0 Å². The number of nitrogens with one attached hydrogen (secondary N) is 4. The third kappa shape index (κ3) is 5.74. The Labute approximate surface area is 166 Å². The van der Waals surface area contributed by atoms with Crippen molar-refractivity contribution in [2.45, 2.75) is 51.6 Å². The zero-order valence-corrected chi connectivity index (χ0v) is 16.4. The third-order valence-corrected chi connectivity index (χ3v) is 4.95. The molecular formula is C22H28N4O2. The first-order chi connectivity index (χ1) is 13.5.